The molecule has 0 aliphatic carbocycles. The van der Waals surface area contributed by atoms with Gasteiger partial charge in [-0.2, -0.15) is 0 Å². The molecule has 1 N–H and O–H groups in total. The Hall–Kier alpha value is -2.77. The lowest BCUT2D eigenvalue weighted by atomic mass is 10.1. The van der Waals surface area contributed by atoms with E-state index in [1.165, 1.54) is 11.3 Å². The largest absolute Gasteiger partial charge is 0.453 e. The van der Waals surface area contributed by atoms with Gasteiger partial charge in [0.1, 0.15) is 4.88 Å². The van der Waals surface area contributed by atoms with Crippen LogP contribution in [0.3, 0.4) is 0 Å². The maximum absolute atomic E-state index is 12.2. The van der Waals surface area contributed by atoms with Gasteiger partial charge in [0.15, 0.2) is 12.4 Å². The van der Waals surface area contributed by atoms with Gasteiger partial charge in [0.2, 0.25) is 0 Å². The lowest BCUT2D eigenvalue weighted by Gasteiger charge is -2.07. The zero-order chi connectivity index (χ0) is 19.2. The average molecular weight is 444 g/mol. The van der Waals surface area contributed by atoms with Crippen molar-refractivity contribution in [2.75, 3.05) is 11.9 Å². The van der Waals surface area contributed by atoms with Crippen LogP contribution >= 0.6 is 27.3 Å². The average Bonchev–Trinajstić information content (AvgIpc) is 3.13. The summed E-state index contributed by atoms with van der Waals surface area (Å²) in [5.74, 6) is -1.09. The molecule has 0 fully saturated rings. The van der Waals surface area contributed by atoms with Crippen molar-refractivity contribution < 1.29 is 19.1 Å². The summed E-state index contributed by atoms with van der Waals surface area (Å²) >= 11 is 4.51. The predicted molar refractivity (Wildman–Crippen MR) is 107 cm³/mol. The highest BCUT2D eigenvalue weighted by Crippen LogP contribution is 2.22. The number of halogens is 1. The number of hydrogen-bond donors (Lipinski definition) is 1. The van der Waals surface area contributed by atoms with E-state index in [1.807, 2.05) is 6.07 Å². The summed E-state index contributed by atoms with van der Waals surface area (Å²) in [5, 5.41) is 2.76. The quantitative estimate of drug-likeness (QED) is 0.438. The van der Waals surface area contributed by atoms with Crippen LogP contribution in [0.4, 0.5) is 5.69 Å². The summed E-state index contributed by atoms with van der Waals surface area (Å²) in [7, 11) is 0. The molecule has 0 radical (unpaired) electrons. The first-order chi connectivity index (χ1) is 13.0. The molecule has 5 nitrogen and oxygen atoms in total. The number of benzene rings is 2. The Balaban J connectivity index is 1.55. The number of ketones is 1. The first kappa shape index (κ1) is 19.0. The number of carbonyl (C=O) groups excluding carboxylic acids is 3. The van der Waals surface area contributed by atoms with Crippen molar-refractivity contribution in [1.29, 1.82) is 0 Å². The van der Waals surface area contributed by atoms with Gasteiger partial charge in [-0.25, -0.2) is 4.79 Å². The third-order valence-corrected chi connectivity index (χ3v) is 5.21. The van der Waals surface area contributed by atoms with Crippen LogP contribution in [0.5, 0.6) is 0 Å². The van der Waals surface area contributed by atoms with E-state index in [1.54, 1.807) is 60.7 Å². The van der Waals surface area contributed by atoms with Crippen LogP contribution in [-0.2, 0) is 4.74 Å². The number of rotatable bonds is 6. The van der Waals surface area contributed by atoms with Gasteiger partial charge >= 0.3 is 5.97 Å². The van der Waals surface area contributed by atoms with E-state index in [-0.39, 0.29) is 18.3 Å². The van der Waals surface area contributed by atoms with Crippen molar-refractivity contribution in [2.24, 2.45) is 0 Å². The fraction of sp³-hybridized carbons (Fsp3) is 0.0500. The standard InChI is InChI=1S/C20H14BrNO4S/c21-18-11-10-17(27-18)20(25)26-12-16(23)13-6-8-15(9-7-13)22-19(24)14-4-2-1-3-5-14/h1-11H,12H2,(H,22,24). The molecule has 0 bridgehead atoms. The Kier molecular flexibility index (Phi) is 6.16. The minimum atomic E-state index is -0.536. The summed E-state index contributed by atoms with van der Waals surface area (Å²) in [4.78, 5) is 36.6. The lowest BCUT2D eigenvalue weighted by molar-refractivity contribution is 0.0479. The van der Waals surface area contributed by atoms with Crippen LogP contribution in [0.15, 0.2) is 70.5 Å². The predicted octanol–water partition coefficient (Wildman–Crippen LogP) is 4.80. The third-order valence-electron chi connectivity index (χ3n) is 3.61. The molecular formula is C20H14BrNO4S. The molecule has 27 heavy (non-hydrogen) atoms. The maximum atomic E-state index is 12.2. The summed E-state index contributed by atoms with van der Waals surface area (Å²) in [6.07, 6.45) is 0. The monoisotopic (exact) mass is 443 g/mol. The maximum Gasteiger partial charge on any atom is 0.348 e. The van der Waals surface area contributed by atoms with Crippen molar-refractivity contribution in [3.63, 3.8) is 0 Å². The van der Waals surface area contributed by atoms with Crippen LogP contribution in [0.2, 0.25) is 0 Å². The van der Waals surface area contributed by atoms with E-state index in [4.69, 9.17) is 4.74 Å². The molecule has 0 unspecified atom stereocenters. The molecule has 0 saturated heterocycles. The molecule has 1 amide bonds. The van der Waals surface area contributed by atoms with Gasteiger partial charge in [0.25, 0.3) is 5.91 Å². The van der Waals surface area contributed by atoms with Crippen LogP contribution in [-0.4, -0.2) is 24.3 Å². The van der Waals surface area contributed by atoms with Crippen molar-refractivity contribution >= 4 is 50.6 Å². The van der Waals surface area contributed by atoms with Crippen LogP contribution in [0.1, 0.15) is 30.4 Å². The summed E-state index contributed by atoms with van der Waals surface area (Å²) < 4.78 is 5.86. The van der Waals surface area contributed by atoms with Crippen molar-refractivity contribution in [3.05, 3.63) is 86.5 Å². The molecule has 136 valence electrons. The van der Waals surface area contributed by atoms with Gasteiger partial charge in [-0.05, 0) is 64.5 Å². The molecule has 1 aromatic heterocycles. The summed E-state index contributed by atoms with van der Waals surface area (Å²) in [5.41, 5.74) is 1.51. The number of amides is 1. The van der Waals surface area contributed by atoms with Gasteiger partial charge in [-0.3, -0.25) is 9.59 Å². The number of nitrogens with one attached hydrogen (secondary N) is 1. The molecule has 3 aromatic rings. The Morgan fingerprint density at radius 2 is 1.59 bits per heavy atom. The van der Waals surface area contributed by atoms with Gasteiger partial charge < -0.3 is 10.1 Å². The van der Waals surface area contributed by atoms with E-state index < -0.39 is 5.97 Å². The Morgan fingerprint density at radius 1 is 0.889 bits per heavy atom. The Labute approximate surface area is 168 Å². The number of ether oxygens (including phenoxy) is 1. The second-order valence-electron chi connectivity index (χ2n) is 5.50. The summed E-state index contributed by atoms with van der Waals surface area (Å²) in [6, 6.07) is 18.6. The van der Waals surface area contributed by atoms with E-state index >= 15 is 0 Å². The number of carbonyl (C=O) groups is 3. The molecule has 0 atom stereocenters. The number of hydrogen-bond acceptors (Lipinski definition) is 5. The Morgan fingerprint density at radius 3 is 2.22 bits per heavy atom. The van der Waals surface area contributed by atoms with Gasteiger partial charge in [0.05, 0.1) is 3.79 Å². The van der Waals surface area contributed by atoms with E-state index in [0.717, 1.165) is 3.79 Å². The lowest BCUT2D eigenvalue weighted by Crippen LogP contribution is -2.14. The van der Waals surface area contributed by atoms with Gasteiger partial charge in [-0.15, -0.1) is 11.3 Å². The van der Waals surface area contributed by atoms with Crippen molar-refractivity contribution in [3.8, 4) is 0 Å². The highest BCUT2D eigenvalue weighted by Gasteiger charge is 2.14. The molecule has 3 rings (SSSR count). The van der Waals surface area contributed by atoms with Crippen LogP contribution < -0.4 is 5.32 Å². The highest BCUT2D eigenvalue weighted by molar-refractivity contribution is 9.11. The molecule has 2 aromatic carbocycles. The second kappa shape index (κ2) is 8.75. The zero-order valence-corrected chi connectivity index (χ0v) is 16.4. The topological polar surface area (TPSA) is 72.5 Å². The first-order valence-corrected chi connectivity index (χ1v) is 9.56. The van der Waals surface area contributed by atoms with Crippen molar-refractivity contribution in [2.45, 2.75) is 0 Å². The molecule has 7 heteroatoms. The van der Waals surface area contributed by atoms with Gasteiger partial charge in [-0.1, -0.05) is 18.2 Å². The van der Waals surface area contributed by atoms with E-state index in [0.29, 0.717) is 21.7 Å². The number of anilines is 1. The fourth-order valence-electron chi connectivity index (χ4n) is 2.24. The zero-order valence-electron chi connectivity index (χ0n) is 14.0. The van der Waals surface area contributed by atoms with E-state index in [2.05, 4.69) is 21.2 Å². The van der Waals surface area contributed by atoms with Crippen LogP contribution in [0.25, 0.3) is 0 Å². The number of Topliss-reactive ketones (excluding diaryl/α,β-unsaturated/α-hetero) is 1. The fourth-order valence-corrected chi connectivity index (χ4v) is 3.52. The minimum Gasteiger partial charge on any atom is -0.453 e. The number of esters is 1. The molecule has 1 heterocycles. The first-order valence-electron chi connectivity index (χ1n) is 7.95. The van der Waals surface area contributed by atoms with Crippen LogP contribution in [0, 0.1) is 0 Å². The normalized spacial score (nSPS) is 10.3. The third kappa shape index (κ3) is 5.12. The second-order valence-corrected chi connectivity index (χ2v) is 7.96. The molecule has 0 spiro atoms. The smallest absolute Gasteiger partial charge is 0.348 e. The SMILES string of the molecule is O=C(COC(=O)c1ccc(Br)s1)c1ccc(NC(=O)c2ccccc2)cc1. The summed E-state index contributed by atoms with van der Waals surface area (Å²) in [6.45, 7) is -0.343. The van der Waals surface area contributed by atoms with Gasteiger partial charge in [0, 0.05) is 16.8 Å². The van der Waals surface area contributed by atoms with Crippen molar-refractivity contribution in [1.82, 2.24) is 0 Å². The highest BCUT2D eigenvalue weighted by atomic mass is 79.9. The van der Waals surface area contributed by atoms with E-state index in [9.17, 15) is 14.4 Å². The molecule has 0 saturated carbocycles. The molecule has 0 aliphatic heterocycles. The number of thiophene rings is 1. The Bertz CT molecular complexity index is 967. The molecule has 0 aliphatic rings. The molecular weight excluding hydrogens is 430 g/mol. The minimum absolute atomic E-state index is 0.231.